The lowest BCUT2D eigenvalue weighted by atomic mass is 10.2. The highest BCUT2D eigenvalue weighted by molar-refractivity contribution is 9.10. The average molecular weight is 435 g/mol. The first-order valence-corrected chi connectivity index (χ1v) is 10.1. The van der Waals surface area contributed by atoms with Crippen LogP contribution in [-0.4, -0.2) is 30.6 Å². The highest BCUT2D eigenvalue weighted by atomic mass is 79.9. The lowest BCUT2D eigenvalue weighted by molar-refractivity contribution is -0.134. The van der Waals surface area contributed by atoms with Gasteiger partial charge in [-0.15, -0.1) is 11.3 Å². The summed E-state index contributed by atoms with van der Waals surface area (Å²) >= 11 is 5.09. The maximum Gasteiger partial charge on any atom is 0.261 e. The van der Waals surface area contributed by atoms with Crippen molar-refractivity contribution in [1.82, 2.24) is 4.90 Å². The van der Waals surface area contributed by atoms with Crippen molar-refractivity contribution in [3.63, 3.8) is 0 Å². The number of carbonyl (C=O) groups is 1. The van der Waals surface area contributed by atoms with Gasteiger partial charge in [0.15, 0.2) is 18.1 Å². The fourth-order valence-corrected chi connectivity index (χ4v) is 4.52. The molecule has 7 heteroatoms. The number of amides is 1. The van der Waals surface area contributed by atoms with E-state index in [1.54, 1.807) is 23.5 Å². The summed E-state index contributed by atoms with van der Waals surface area (Å²) in [5.41, 5.74) is 0.469. The Morgan fingerprint density at radius 3 is 3.00 bits per heavy atom. The molecule has 0 saturated carbocycles. The summed E-state index contributed by atoms with van der Waals surface area (Å²) in [5.74, 6) is 0.869. The number of hydrogen-bond donors (Lipinski definition) is 0. The first kappa shape index (κ1) is 18.7. The lowest BCUT2D eigenvalue weighted by Crippen LogP contribution is -2.34. The van der Waals surface area contributed by atoms with Crippen molar-refractivity contribution < 1.29 is 14.3 Å². The highest BCUT2D eigenvalue weighted by Crippen LogP contribution is 2.38. The SMILES string of the molecule is CCOc1cc(C#N)cc(Br)c1OCC(=O)N1CCCC1c1cccs1. The molecule has 1 saturated heterocycles. The molecule has 0 aliphatic carbocycles. The van der Waals surface area contributed by atoms with E-state index in [9.17, 15) is 4.79 Å². The Morgan fingerprint density at radius 2 is 2.31 bits per heavy atom. The smallest absolute Gasteiger partial charge is 0.261 e. The molecule has 1 atom stereocenters. The minimum atomic E-state index is -0.0630. The number of nitriles is 1. The van der Waals surface area contributed by atoms with E-state index in [0.717, 1.165) is 19.4 Å². The summed E-state index contributed by atoms with van der Waals surface area (Å²) in [6.07, 6.45) is 1.98. The molecule has 2 heterocycles. The van der Waals surface area contributed by atoms with Gasteiger partial charge in [0.1, 0.15) is 0 Å². The van der Waals surface area contributed by atoms with E-state index in [4.69, 9.17) is 14.7 Å². The Balaban J connectivity index is 1.72. The Bertz CT molecular complexity index is 817. The molecule has 0 bridgehead atoms. The van der Waals surface area contributed by atoms with Gasteiger partial charge in [0.25, 0.3) is 5.91 Å². The predicted octanol–water partition coefficient (Wildman–Crippen LogP) is 4.52. The molecule has 136 valence electrons. The number of halogens is 1. The van der Waals surface area contributed by atoms with E-state index in [1.165, 1.54) is 4.88 Å². The third-order valence-corrected chi connectivity index (χ3v) is 5.79. The second-order valence-corrected chi connectivity index (χ2v) is 7.71. The zero-order chi connectivity index (χ0) is 18.5. The molecule has 0 spiro atoms. The van der Waals surface area contributed by atoms with Gasteiger partial charge in [-0.1, -0.05) is 6.07 Å². The van der Waals surface area contributed by atoms with Gasteiger partial charge in [0.05, 0.1) is 28.8 Å². The van der Waals surface area contributed by atoms with Crippen LogP contribution < -0.4 is 9.47 Å². The lowest BCUT2D eigenvalue weighted by Gasteiger charge is -2.24. The highest BCUT2D eigenvalue weighted by Gasteiger charge is 2.31. The van der Waals surface area contributed by atoms with Crippen molar-refractivity contribution in [2.24, 2.45) is 0 Å². The molecule has 0 radical (unpaired) electrons. The average Bonchev–Trinajstić information content (AvgIpc) is 3.31. The van der Waals surface area contributed by atoms with Gasteiger partial charge < -0.3 is 14.4 Å². The van der Waals surface area contributed by atoms with Crippen LogP contribution in [0.3, 0.4) is 0 Å². The number of ether oxygens (including phenoxy) is 2. The molecule has 2 aromatic rings. The van der Waals surface area contributed by atoms with Crippen molar-refractivity contribution in [3.8, 4) is 17.6 Å². The van der Waals surface area contributed by atoms with Crippen molar-refractivity contribution in [3.05, 3.63) is 44.6 Å². The van der Waals surface area contributed by atoms with E-state index < -0.39 is 0 Å². The summed E-state index contributed by atoms with van der Waals surface area (Å²) in [5, 5.41) is 11.1. The van der Waals surface area contributed by atoms with Crippen LogP contribution in [0.4, 0.5) is 0 Å². The van der Waals surface area contributed by atoms with Crippen LogP contribution in [0.25, 0.3) is 0 Å². The van der Waals surface area contributed by atoms with Gasteiger partial charge >= 0.3 is 0 Å². The standard InChI is InChI=1S/C19H19BrN2O3S/c1-2-24-16-10-13(11-21)9-14(20)19(16)25-12-18(23)22-7-3-5-15(22)17-6-4-8-26-17/h4,6,8-10,15H,2-3,5,7,12H2,1H3. The maximum atomic E-state index is 12.7. The van der Waals surface area contributed by atoms with E-state index in [-0.39, 0.29) is 18.6 Å². The number of rotatable bonds is 6. The van der Waals surface area contributed by atoms with Crippen LogP contribution in [0.2, 0.25) is 0 Å². The van der Waals surface area contributed by atoms with Gasteiger partial charge in [-0.2, -0.15) is 5.26 Å². The van der Waals surface area contributed by atoms with Crippen LogP contribution in [0.15, 0.2) is 34.1 Å². The summed E-state index contributed by atoms with van der Waals surface area (Å²) < 4.78 is 12.0. The molecule has 1 aromatic carbocycles. The first-order chi connectivity index (χ1) is 12.6. The molecule has 0 N–H and O–H groups in total. The van der Waals surface area contributed by atoms with E-state index in [1.807, 2.05) is 23.3 Å². The van der Waals surface area contributed by atoms with Crippen molar-refractivity contribution in [1.29, 1.82) is 5.26 Å². The summed E-state index contributed by atoms with van der Waals surface area (Å²) in [6.45, 7) is 2.99. The van der Waals surface area contributed by atoms with Gasteiger partial charge in [-0.05, 0) is 53.2 Å². The molecular weight excluding hydrogens is 416 g/mol. The second kappa shape index (κ2) is 8.56. The van der Waals surface area contributed by atoms with Crippen LogP contribution in [0.1, 0.15) is 36.2 Å². The minimum absolute atomic E-state index is 0.0420. The molecule has 1 fully saturated rings. The predicted molar refractivity (Wildman–Crippen MR) is 104 cm³/mol. The normalized spacial score (nSPS) is 16.3. The van der Waals surface area contributed by atoms with Crippen LogP contribution in [-0.2, 0) is 4.79 Å². The molecule has 1 amide bonds. The van der Waals surface area contributed by atoms with Crippen LogP contribution in [0, 0.1) is 11.3 Å². The molecule has 3 rings (SSSR count). The number of nitrogens with zero attached hydrogens (tertiary/aromatic N) is 2. The first-order valence-electron chi connectivity index (χ1n) is 8.46. The molecule has 1 aromatic heterocycles. The van der Waals surface area contributed by atoms with Gasteiger partial charge in [-0.25, -0.2) is 0 Å². The zero-order valence-corrected chi connectivity index (χ0v) is 16.8. The van der Waals surface area contributed by atoms with Gasteiger partial charge in [0.2, 0.25) is 0 Å². The topological polar surface area (TPSA) is 62.6 Å². The third-order valence-electron chi connectivity index (χ3n) is 4.22. The quantitative estimate of drug-likeness (QED) is 0.669. The maximum absolute atomic E-state index is 12.7. The second-order valence-electron chi connectivity index (χ2n) is 5.88. The number of likely N-dealkylation sites (tertiary alicyclic amines) is 1. The van der Waals surface area contributed by atoms with Gasteiger partial charge in [0, 0.05) is 17.5 Å². The molecule has 5 nitrogen and oxygen atoms in total. The van der Waals surface area contributed by atoms with E-state index in [2.05, 4.69) is 28.1 Å². The summed E-state index contributed by atoms with van der Waals surface area (Å²) in [6, 6.07) is 9.60. The number of thiophene rings is 1. The van der Waals surface area contributed by atoms with Crippen molar-refractivity contribution >= 4 is 33.2 Å². The Morgan fingerprint density at radius 1 is 1.46 bits per heavy atom. The van der Waals surface area contributed by atoms with Crippen molar-refractivity contribution in [2.45, 2.75) is 25.8 Å². The Labute approximate surface area is 165 Å². The summed E-state index contributed by atoms with van der Waals surface area (Å²) in [7, 11) is 0. The monoisotopic (exact) mass is 434 g/mol. The molecule has 26 heavy (non-hydrogen) atoms. The van der Waals surface area contributed by atoms with Crippen LogP contribution >= 0.6 is 27.3 Å². The van der Waals surface area contributed by atoms with E-state index >= 15 is 0 Å². The van der Waals surface area contributed by atoms with E-state index in [0.29, 0.717) is 28.1 Å². The fraction of sp³-hybridized carbons (Fsp3) is 0.368. The Kier molecular flexibility index (Phi) is 6.17. The number of carbonyl (C=O) groups excluding carboxylic acids is 1. The zero-order valence-electron chi connectivity index (χ0n) is 14.4. The number of hydrogen-bond acceptors (Lipinski definition) is 5. The largest absolute Gasteiger partial charge is 0.490 e. The molecule has 1 aliphatic rings. The molecular formula is C19H19BrN2O3S. The summed E-state index contributed by atoms with van der Waals surface area (Å²) in [4.78, 5) is 15.8. The minimum Gasteiger partial charge on any atom is -0.490 e. The van der Waals surface area contributed by atoms with Crippen molar-refractivity contribution in [2.75, 3.05) is 19.8 Å². The van der Waals surface area contributed by atoms with Gasteiger partial charge in [-0.3, -0.25) is 4.79 Å². The fourth-order valence-electron chi connectivity index (χ4n) is 3.09. The third kappa shape index (κ3) is 4.02. The molecule has 1 aliphatic heterocycles. The number of benzene rings is 1. The Hall–Kier alpha value is -2.04. The molecule has 1 unspecified atom stereocenters. The van der Waals surface area contributed by atoms with Crippen LogP contribution in [0.5, 0.6) is 11.5 Å².